The molecule has 0 atom stereocenters. The van der Waals surface area contributed by atoms with E-state index in [9.17, 15) is 9.18 Å². The van der Waals surface area contributed by atoms with Gasteiger partial charge in [-0.2, -0.15) is 0 Å². The van der Waals surface area contributed by atoms with Crippen molar-refractivity contribution in [2.45, 2.75) is 0 Å². The van der Waals surface area contributed by atoms with Crippen LogP contribution in [0.3, 0.4) is 0 Å². The summed E-state index contributed by atoms with van der Waals surface area (Å²) in [4.78, 5) is 14.7. The molecule has 17 heavy (non-hydrogen) atoms. The average Bonchev–Trinajstić information content (AvgIpc) is 2.29. The number of carbonyl (C=O) groups is 1. The molecule has 3 nitrogen and oxygen atoms in total. The van der Waals surface area contributed by atoms with E-state index >= 15 is 0 Å². The smallest absolute Gasteiger partial charge is 0.336 e. The topological polar surface area (TPSA) is 50.2 Å². The summed E-state index contributed by atoms with van der Waals surface area (Å²) in [5, 5.41) is 8.97. The predicted octanol–water partition coefficient (Wildman–Crippen LogP) is 3.35. The molecule has 0 bridgehead atoms. The molecule has 2 rings (SSSR count). The summed E-state index contributed by atoms with van der Waals surface area (Å²) in [6.07, 6.45) is 2.58. The Morgan fingerprint density at radius 3 is 2.65 bits per heavy atom. The van der Waals surface area contributed by atoms with Gasteiger partial charge < -0.3 is 5.11 Å². The number of carboxylic acids is 1. The standard InChI is InChI=1S/C12H7BrFNO2/c13-11-2-1-7(4-10(11)12(16)17)8-3-9(14)6-15-5-8/h1-6H,(H,16,17). The van der Waals surface area contributed by atoms with Gasteiger partial charge in [0.25, 0.3) is 0 Å². The fraction of sp³-hybridized carbons (Fsp3) is 0. The normalized spacial score (nSPS) is 10.2. The molecule has 0 saturated heterocycles. The number of benzene rings is 1. The zero-order valence-electron chi connectivity index (χ0n) is 8.52. The second-order valence-corrected chi connectivity index (χ2v) is 4.25. The van der Waals surface area contributed by atoms with E-state index < -0.39 is 11.8 Å². The average molecular weight is 296 g/mol. The van der Waals surface area contributed by atoms with Crippen molar-refractivity contribution in [1.82, 2.24) is 4.98 Å². The van der Waals surface area contributed by atoms with Crippen molar-refractivity contribution >= 4 is 21.9 Å². The van der Waals surface area contributed by atoms with Gasteiger partial charge in [-0.05, 0) is 39.7 Å². The minimum atomic E-state index is -1.04. The zero-order chi connectivity index (χ0) is 12.4. The van der Waals surface area contributed by atoms with E-state index in [1.54, 1.807) is 12.1 Å². The Bertz CT molecular complexity index is 586. The number of nitrogens with zero attached hydrogens (tertiary/aromatic N) is 1. The van der Waals surface area contributed by atoms with Crippen molar-refractivity contribution in [2.24, 2.45) is 0 Å². The number of aromatic carboxylic acids is 1. The maximum absolute atomic E-state index is 13.0. The lowest BCUT2D eigenvalue weighted by Crippen LogP contribution is -1.98. The summed E-state index contributed by atoms with van der Waals surface area (Å²) in [7, 11) is 0. The maximum atomic E-state index is 13.0. The van der Waals surface area contributed by atoms with Crippen molar-refractivity contribution in [3.05, 3.63) is 52.5 Å². The molecule has 0 saturated carbocycles. The molecule has 0 fully saturated rings. The van der Waals surface area contributed by atoms with Gasteiger partial charge in [-0.1, -0.05) is 6.07 Å². The van der Waals surface area contributed by atoms with Gasteiger partial charge in [-0.25, -0.2) is 9.18 Å². The third-order valence-electron chi connectivity index (χ3n) is 2.23. The van der Waals surface area contributed by atoms with Crippen LogP contribution in [-0.4, -0.2) is 16.1 Å². The van der Waals surface area contributed by atoms with Crippen molar-refractivity contribution < 1.29 is 14.3 Å². The summed E-state index contributed by atoms with van der Waals surface area (Å²) in [5.74, 6) is -1.50. The molecule has 5 heteroatoms. The van der Waals surface area contributed by atoms with Gasteiger partial charge in [0.2, 0.25) is 0 Å². The molecule has 0 unspecified atom stereocenters. The molecule has 0 aliphatic rings. The van der Waals surface area contributed by atoms with Crippen LogP contribution >= 0.6 is 15.9 Å². The van der Waals surface area contributed by atoms with Crippen LogP contribution < -0.4 is 0 Å². The molecule has 1 aromatic carbocycles. The maximum Gasteiger partial charge on any atom is 0.336 e. The molecular weight excluding hydrogens is 289 g/mol. The van der Waals surface area contributed by atoms with Gasteiger partial charge >= 0.3 is 5.97 Å². The Hall–Kier alpha value is -1.75. The highest BCUT2D eigenvalue weighted by Gasteiger charge is 2.10. The van der Waals surface area contributed by atoms with Crippen molar-refractivity contribution in [1.29, 1.82) is 0 Å². The summed E-state index contributed by atoms with van der Waals surface area (Å²) >= 11 is 3.15. The number of pyridine rings is 1. The highest BCUT2D eigenvalue weighted by molar-refractivity contribution is 9.10. The number of halogens is 2. The Labute approximate surface area is 105 Å². The largest absolute Gasteiger partial charge is 0.478 e. The molecule has 0 radical (unpaired) electrons. The number of aromatic nitrogens is 1. The summed E-state index contributed by atoms with van der Waals surface area (Å²) in [6, 6.07) is 6.10. The third kappa shape index (κ3) is 2.50. The minimum Gasteiger partial charge on any atom is -0.478 e. The lowest BCUT2D eigenvalue weighted by Gasteiger charge is -2.04. The van der Waals surface area contributed by atoms with Crippen molar-refractivity contribution in [2.75, 3.05) is 0 Å². The molecule has 1 aromatic heterocycles. The molecule has 1 heterocycles. The Balaban J connectivity index is 2.54. The first-order valence-electron chi connectivity index (χ1n) is 4.71. The first-order chi connectivity index (χ1) is 8.08. The van der Waals surface area contributed by atoms with Crippen LogP contribution in [0.4, 0.5) is 4.39 Å². The Morgan fingerprint density at radius 1 is 1.24 bits per heavy atom. The number of carboxylic acid groups (broad SMARTS) is 1. The monoisotopic (exact) mass is 295 g/mol. The minimum absolute atomic E-state index is 0.131. The fourth-order valence-corrected chi connectivity index (χ4v) is 1.85. The first-order valence-corrected chi connectivity index (χ1v) is 5.51. The molecule has 86 valence electrons. The van der Waals surface area contributed by atoms with Gasteiger partial charge in [0, 0.05) is 16.2 Å². The Morgan fingerprint density at radius 2 is 2.00 bits per heavy atom. The van der Waals surface area contributed by atoms with Gasteiger partial charge in [-0.15, -0.1) is 0 Å². The second-order valence-electron chi connectivity index (χ2n) is 3.39. The third-order valence-corrected chi connectivity index (χ3v) is 2.93. The van der Waals surface area contributed by atoms with Gasteiger partial charge in [-0.3, -0.25) is 4.98 Å². The van der Waals surface area contributed by atoms with E-state index in [-0.39, 0.29) is 5.56 Å². The summed E-state index contributed by atoms with van der Waals surface area (Å²) in [6.45, 7) is 0. The van der Waals surface area contributed by atoms with Crippen molar-refractivity contribution in [3.63, 3.8) is 0 Å². The lowest BCUT2D eigenvalue weighted by molar-refractivity contribution is 0.0696. The van der Waals surface area contributed by atoms with Crippen LogP contribution in [0, 0.1) is 5.82 Å². The van der Waals surface area contributed by atoms with E-state index in [4.69, 9.17) is 5.11 Å². The molecule has 2 aromatic rings. The highest BCUT2D eigenvalue weighted by atomic mass is 79.9. The zero-order valence-corrected chi connectivity index (χ0v) is 10.1. The van der Waals surface area contributed by atoms with Crippen LogP contribution in [0.15, 0.2) is 41.1 Å². The van der Waals surface area contributed by atoms with Gasteiger partial charge in [0.1, 0.15) is 5.82 Å². The predicted molar refractivity (Wildman–Crippen MR) is 64.3 cm³/mol. The fourth-order valence-electron chi connectivity index (χ4n) is 1.44. The molecule has 0 aliphatic heterocycles. The van der Waals surface area contributed by atoms with Crippen LogP contribution in [-0.2, 0) is 0 Å². The highest BCUT2D eigenvalue weighted by Crippen LogP contribution is 2.25. The molecule has 0 amide bonds. The van der Waals surface area contributed by atoms with E-state index in [2.05, 4.69) is 20.9 Å². The molecule has 0 aliphatic carbocycles. The van der Waals surface area contributed by atoms with E-state index in [1.165, 1.54) is 18.3 Å². The van der Waals surface area contributed by atoms with E-state index in [1.807, 2.05) is 0 Å². The molecule has 1 N–H and O–H groups in total. The van der Waals surface area contributed by atoms with Crippen LogP contribution in [0.1, 0.15) is 10.4 Å². The van der Waals surface area contributed by atoms with Gasteiger partial charge in [0.15, 0.2) is 0 Å². The second kappa shape index (κ2) is 4.63. The number of hydrogen-bond donors (Lipinski definition) is 1. The van der Waals surface area contributed by atoms with E-state index in [0.717, 1.165) is 6.20 Å². The van der Waals surface area contributed by atoms with Crippen LogP contribution in [0.25, 0.3) is 11.1 Å². The van der Waals surface area contributed by atoms with Gasteiger partial charge in [0.05, 0.1) is 11.8 Å². The number of rotatable bonds is 2. The van der Waals surface area contributed by atoms with Crippen LogP contribution in [0.5, 0.6) is 0 Å². The SMILES string of the molecule is O=C(O)c1cc(-c2cncc(F)c2)ccc1Br. The van der Waals surface area contributed by atoms with E-state index in [0.29, 0.717) is 15.6 Å². The lowest BCUT2D eigenvalue weighted by atomic mass is 10.0. The number of hydrogen-bond acceptors (Lipinski definition) is 2. The quantitative estimate of drug-likeness (QED) is 0.924. The molecular formula is C12H7BrFNO2. The Kier molecular flexibility index (Phi) is 3.19. The van der Waals surface area contributed by atoms with Crippen LogP contribution in [0.2, 0.25) is 0 Å². The first kappa shape index (κ1) is 11.7. The van der Waals surface area contributed by atoms with Crippen molar-refractivity contribution in [3.8, 4) is 11.1 Å². The summed E-state index contributed by atoms with van der Waals surface area (Å²) < 4.78 is 13.5. The molecule has 0 spiro atoms. The summed E-state index contributed by atoms with van der Waals surface area (Å²) in [5.41, 5.74) is 1.28.